The van der Waals surface area contributed by atoms with Crippen LogP contribution in [0.2, 0.25) is 0 Å². The fraction of sp³-hybridized carbons (Fsp3) is 0.828. The zero-order chi connectivity index (χ0) is 27.9. The van der Waals surface area contributed by atoms with Gasteiger partial charge in [0.05, 0.1) is 37.2 Å². The molecule has 2 bridgehead atoms. The van der Waals surface area contributed by atoms with E-state index in [0.717, 1.165) is 12.8 Å². The number of aliphatic hydroxyl groups is 1. The van der Waals surface area contributed by atoms with Crippen LogP contribution in [-0.2, 0) is 23.9 Å². The van der Waals surface area contributed by atoms with Gasteiger partial charge in [0.2, 0.25) is 11.8 Å². The fourth-order valence-corrected chi connectivity index (χ4v) is 7.35. The second-order valence-electron chi connectivity index (χ2n) is 13.0. The quantitative estimate of drug-likeness (QED) is 0.331. The number of ether oxygens (including phenoxy) is 2. The molecule has 3 aliphatic heterocycles. The Labute approximate surface area is 222 Å². The predicted octanol–water partition coefficient (Wildman–Crippen LogP) is 3.56. The van der Waals surface area contributed by atoms with Crippen molar-refractivity contribution in [3.8, 4) is 0 Å². The summed E-state index contributed by atoms with van der Waals surface area (Å²) in [6, 6.07) is -1.49. The summed E-state index contributed by atoms with van der Waals surface area (Å²) in [4.78, 5) is 45.4. The molecule has 0 aliphatic carbocycles. The summed E-state index contributed by atoms with van der Waals surface area (Å²) in [6.45, 7) is 20.4. The maximum atomic E-state index is 14.7. The predicted molar refractivity (Wildman–Crippen MR) is 141 cm³/mol. The summed E-state index contributed by atoms with van der Waals surface area (Å²) in [6.07, 6.45) is 3.83. The Morgan fingerprint density at radius 1 is 1.30 bits per heavy atom. The number of carbonyl (C=O) groups is 3. The number of hydrogen-bond acceptors (Lipinski definition) is 6. The van der Waals surface area contributed by atoms with Gasteiger partial charge in [0.15, 0.2) is 0 Å². The first-order valence-electron chi connectivity index (χ1n) is 13.9. The van der Waals surface area contributed by atoms with Gasteiger partial charge in [-0.2, -0.15) is 0 Å². The molecule has 2 unspecified atom stereocenters. The molecule has 210 valence electrons. The van der Waals surface area contributed by atoms with Gasteiger partial charge in [0.25, 0.3) is 0 Å². The third-order valence-electron chi connectivity index (χ3n) is 8.65. The number of amides is 2. The number of rotatable bonds is 11. The molecule has 1 spiro atoms. The molecule has 1 N–H and O–H groups in total. The van der Waals surface area contributed by atoms with E-state index in [2.05, 4.69) is 27.4 Å². The topological polar surface area (TPSA) is 96.4 Å². The molecule has 8 heteroatoms. The van der Waals surface area contributed by atoms with Gasteiger partial charge >= 0.3 is 5.97 Å². The molecule has 37 heavy (non-hydrogen) atoms. The molecule has 3 rings (SSSR count). The van der Waals surface area contributed by atoms with Gasteiger partial charge in [-0.15, -0.1) is 6.58 Å². The monoisotopic (exact) mass is 520 g/mol. The molecule has 2 amide bonds. The van der Waals surface area contributed by atoms with Crippen LogP contribution < -0.4 is 0 Å². The zero-order valence-electron chi connectivity index (χ0n) is 24.1. The zero-order valence-corrected chi connectivity index (χ0v) is 24.1. The summed E-state index contributed by atoms with van der Waals surface area (Å²) >= 11 is 0. The molecule has 0 saturated carbocycles. The Morgan fingerprint density at radius 3 is 2.46 bits per heavy atom. The van der Waals surface area contributed by atoms with E-state index < -0.39 is 47.1 Å². The van der Waals surface area contributed by atoms with Crippen molar-refractivity contribution >= 4 is 17.8 Å². The number of esters is 1. The van der Waals surface area contributed by atoms with E-state index in [1.807, 2.05) is 32.6 Å². The number of fused-ring (bicyclic) bond motifs is 1. The first kappa shape index (κ1) is 29.6. The molecule has 0 aromatic rings. The molecule has 3 aliphatic rings. The van der Waals surface area contributed by atoms with E-state index in [4.69, 9.17) is 9.47 Å². The van der Waals surface area contributed by atoms with Gasteiger partial charge in [-0.25, -0.2) is 0 Å². The normalized spacial score (nSPS) is 30.7. The average molecular weight is 521 g/mol. The Hall–Kier alpha value is -1.93. The van der Waals surface area contributed by atoms with Crippen LogP contribution in [0.4, 0.5) is 0 Å². The van der Waals surface area contributed by atoms with E-state index >= 15 is 0 Å². The Morgan fingerprint density at radius 2 is 1.95 bits per heavy atom. The molecular formula is C29H48N2O6. The molecule has 3 saturated heterocycles. The molecule has 7 atom stereocenters. The van der Waals surface area contributed by atoms with E-state index in [-0.39, 0.29) is 36.4 Å². The van der Waals surface area contributed by atoms with Crippen LogP contribution in [0.3, 0.4) is 0 Å². The van der Waals surface area contributed by atoms with Crippen LogP contribution in [0.1, 0.15) is 81.1 Å². The van der Waals surface area contributed by atoms with Crippen LogP contribution in [-0.4, -0.2) is 81.8 Å². The SMILES string of the molecule is C=CCN(C(=O)C1N([C@@H](CO)[C@@H](C)CC)C(=O)[C@@H]2[C@H](C(=O)OCC)[C@@H]3CCC12O3)C(C)(C)CC(C)(C)C. The Kier molecular flexibility index (Phi) is 8.55. The molecule has 3 heterocycles. The largest absolute Gasteiger partial charge is 0.466 e. The number of likely N-dealkylation sites (tertiary alicyclic amines) is 1. The maximum Gasteiger partial charge on any atom is 0.312 e. The summed E-state index contributed by atoms with van der Waals surface area (Å²) < 4.78 is 11.9. The van der Waals surface area contributed by atoms with E-state index in [9.17, 15) is 19.5 Å². The lowest BCUT2D eigenvalue weighted by atomic mass is 9.70. The summed E-state index contributed by atoms with van der Waals surface area (Å²) in [7, 11) is 0. The number of hydrogen-bond donors (Lipinski definition) is 1. The fourth-order valence-electron chi connectivity index (χ4n) is 7.35. The molecule has 0 radical (unpaired) electrons. The highest BCUT2D eigenvalue weighted by atomic mass is 16.6. The minimum Gasteiger partial charge on any atom is -0.466 e. The lowest BCUT2D eigenvalue weighted by Crippen LogP contribution is -2.63. The maximum absolute atomic E-state index is 14.7. The highest BCUT2D eigenvalue weighted by Gasteiger charge is 2.76. The lowest BCUT2D eigenvalue weighted by Gasteiger charge is -2.47. The Balaban J connectivity index is 2.15. The first-order chi connectivity index (χ1) is 17.2. The summed E-state index contributed by atoms with van der Waals surface area (Å²) in [5, 5.41) is 10.5. The van der Waals surface area contributed by atoms with Crippen molar-refractivity contribution in [1.29, 1.82) is 0 Å². The highest BCUT2D eigenvalue weighted by molar-refractivity contribution is 5.98. The average Bonchev–Trinajstić information content (AvgIpc) is 3.43. The second kappa shape index (κ2) is 10.7. The smallest absolute Gasteiger partial charge is 0.312 e. The van der Waals surface area contributed by atoms with Crippen molar-refractivity contribution < 1.29 is 29.0 Å². The van der Waals surface area contributed by atoms with Gasteiger partial charge < -0.3 is 24.4 Å². The molecule has 8 nitrogen and oxygen atoms in total. The van der Waals surface area contributed by atoms with Crippen LogP contribution in [0.15, 0.2) is 12.7 Å². The van der Waals surface area contributed by atoms with Crippen LogP contribution >= 0.6 is 0 Å². The molecule has 0 aromatic carbocycles. The van der Waals surface area contributed by atoms with E-state index in [0.29, 0.717) is 19.4 Å². The standard InChI is InChI=1S/C29H48N2O6/c1-10-15-30(28(8,9)17-27(5,6)7)25(34)23-29-14-13-20(37-29)21(26(35)36-12-3)22(29)24(33)31(23)19(16-32)18(4)11-2/h10,18-23,32H,1,11-17H2,2-9H3/t18-,19-,20-,21+,22-,23?,29?/m0/s1. The van der Waals surface area contributed by atoms with Gasteiger partial charge in [-0.3, -0.25) is 14.4 Å². The van der Waals surface area contributed by atoms with Gasteiger partial charge in [-0.1, -0.05) is 47.1 Å². The van der Waals surface area contributed by atoms with Gasteiger partial charge in [0, 0.05) is 12.1 Å². The second-order valence-corrected chi connectivity index (χ2v) is 13.0. The third-order valence-corrected chi connectivity index (χ3v) is 8.65. The molecular weight excluding hydrogens is 472 g/mol. The highest BCUT2D eigenvalue weighted by Crippen LogP contribution is 2.59. The third kappa shape index (κ3) is 5.08. The van der Waals surface area contributed by atoms with Gasteiger partial charge in [-0.05, 0) is 51.4 Å². The summed E-state index contributed by atoms with van der Waals surface area (Å²) in [5.41, 5.74) is -1.69. The van der Waals surface area contributed by atoms with Crippen LogP contribution in [0.5, 0.6) is 0 Å². The minimum atomic E-state index is -1.12. The van der Waals surface area contributed by atoms with Crippen molar-refractivity contribution in [2.45, 2.75) is 110 Å². The minimum absolute atomic E-state index is 0.0448. The first-order valence-corrected chi connectivity index (χ1v) is 13.9. The lowest BCUT2D eigenvalue weighted by molar-refractivity contribution is -0.158. The van der Waals surface area contributed by atoms with E-state index in [1.165, 1.54) is 0 Å². The van der Waals surface area contributed by atoms with Crippen molar-refractivity contribution in [1.82, 2.24) is 9.80 Å². The molecule has 3 fully saturated rings. The van der Waals surface area contributed by atoms with Crippen LogP contribution in [0.25, 0.3) is 0 Å². The Bertz CT molecular complexity index is 895. The van der Waals surface area contributed by atoms with E-state index in [1.54, 1.807) is 17.9 Å². The van der Waals surface area contributed by atoms with Crippen molar-refractivity contribution in [3.63, 3.8) is 0 Å². The number of nitrogens with zero attached hydrogens (tertiary/aromatic N) is 2. The van der Waals surface area contributed by atoms with Crippen molar-refractivity contribution in [2.75, 3.05) is 19.8 Å². The van der Waals surface area contributed by atoms with Gasteiger partial charge in [0.1, 0.15) is 11.6 Å². The summed E-state index contributed by atoms with van der Waals surface area (Å²) in [5.74, 6) is -2.53. The van der Waals surface area contributed by atoms with Crippen molar-refractivity contribution in [2.24, 2.45) is 23.2 Å². The van der Waals surface area contributed by atoms with Crippen LogP contribution in [0, 0.1) is 23.2 Å². The van der Waals surface area contributed by atoms with Crippen molar-refractivity contribution in [3.05, 3.63) is 12.7 Å². The number of carbonyl (C=O) groups excluding carboxylic acids is 3. The molecule has 0 aromatic heterocycles. The number of aliphatic hydroxyl groups excluding tert-OH is 1.